The zero-order chi connectivity index (χ0) is 20.1. The second-order valence-corrected chi connectivity index (χ2v) is 6.82. The predicted molar refractivity (Wildman–Crippen MR) is 115 cm³/mol. The van der Waals surface area contributed by atoms with Crippen LogP contribution in [-0.4, -0.2) is 48.2 Å². The van der Waals surface area contributed by atoms with E-state index in [0.717, 1.165) is 49.1 Å². The van der Waals surface area contributed by atoms with Gasteiger partial charge in [-0.3, -0.25) is 0 Å². The van der Waals surface area contributed by atoms with Crippen molar-refractivity contribution in [1.29, 1.82) is 0 Å². The van der Waals surface area contributed by atoms with Gasteiger partial charge in [0.05, 0.1) is 7.11 Å². The summed E-state index contributed by atoms with van der Waals surface area (Å²) >= 11 is 0. The molecule has 1 aliphatic heterocycles. The van der Waals surface area contributed by atoms with Crippen molar-refractivity contribution < 1.29 is 4.74 Å². The SMILES string of the molecule is COc1ccc(CNc2ncnc(N3CCN(c4ccccn4)CC3)c2N)cc1. The van der Waals surface area contributed by atoms with E-state index in [1.165, 1.54) is 0 Å². The van der Waals surface area contributed by atoms with Gasteiger partial charge in [-0.05, 0) is 29.8 Å². The molecule has 8 nitrogen and oxygen atoms in total. The molecule has 3 heterocycles. The quantitative estimate of drug-likeness (QED) is 0.662. The molecule has 0 spiro atoms. The van der Waals surface area contributed by atoms with E-state index < -0.39 is 0 Å². The lowest BCUT2D eigenvalue weighted by molar-refractivity contribution is 0.414. The highest BCUT2D eigenvalue weighted by Crippen LogP contribution is 2.28. The highest BCUT2D eigenvalue weighted by Gasteiger charge is 2.21. The van der Waals surface area contributed by atoms with Crippen LogP contribution in [0.4, 0.5) is 23.1 Å². The number of pyridine rings is 1. The normalized spacial score (nSPS) is 14.0. The number of rotatable bonds is 6. The molecule has 3 aromatic rings. The molecule has 8 heteroatoms. The van der Waals surface area contributed by atoms with E-state index in [1.807, 2.05) is 48.7 Å². The van der Waals surface area contributed by atoms with Gasteiger partial charge >= 0.3 is 0 Å². The molecular formula is C21H25N7O. The first-order valence-electron chi connectivity index (χ1n) is 9.63. The Morgan fingerprint density at radius 3 is 2.41 bits per heavy atom. The Kier molecular flexibility index (Phi) is 5.60. The van der Waals surface area contributed by atoms with Crippen LogP contribution in [0.5, 0.6) is 5.75 Å². The van der Waals surface area contributed by atoms with Gasteiger partial charge in [0, 0.05) is 38.9 Å². The summed E-state index contributed by atoms with van der Waals surface area (Å²) in [7, 11) is 1.66. The molecule has 0 radical (unpaired) electrons. The van der Waals surface area contributed by atoms with Gasteiger partial charge in [0.15, 0.2) is 11.6 Å². The maximum atomic E-state index is 6.39. The first-order valence-corrected chi connectivity index (χ1v) is 9.63. The van der Waals surface area contributed by atoms with Gasteiger partial charge in [-0.15, -0.1) is 0 Å². The van der Waals surface area contributed by atoms with E-state index in [0.29, 0.717) is 18.1 Å². The molecular weight excluding hydrogens is 366 g/mol. The molecule has 1 fully saturated rings. The van der Waals surface area contributed by atoms with Crippen LogP contribution in [0.2, 0.25) is 0 Å². The van der Waals surface area contributed by atoms with E-state index in [9.17, 15) is 0 Å². The average Bonchev–Trinajstić information content (AvgIpc) is 2.79. The number of methoxy groups -OCH3 is 1. The van der Waals surface area contributed by atoms with Crippen LogP contribution in [-0.2, 0) is 6.54 Å². The van der Waals surface area contributed by atoms with Crippen LogP contribution in [0.15, 0.2) is 55.0 Å². The maximum Gasteiger partial charge on any atom is 0.157 e. The number of anilines is 4. The molecule has 1 aliphatic rings. The van der Waals surface area contributed by atoms with Crippen molar-refractivity contribution >= 4 is 23.1 Å². The summed E-state index contributed by atoms with van der Waals surface area (Å²) in [6, 6.07) is 13.9. The lowest BCUT2D eigenvalue weighted by atomic mass is 10.2. The molecule has 0 atom stereocenters. The van der Waals surface area contributed by atoms with Gasteiger partial charge in [0.25, 0.3) is 0 Å². The van der Waals surface area contributed by atoms with E-state index in [-0.39, 0.29) is 0 Å². The Morgan fingerprint density at radius 2 is 1.72 bits per heavy atom. The number of nitrogens with one attached hydrogen (secondary N) is 1. The van der Waals surface area contributed by atoms with E-state index in [1.54, 1.807) is 13.4 Å². The zero-order valence-electron chi connectivity index (χ0n) is 16.5. The van der Waals surface area contributed by atoms with E-state index in [2.05, 4.69) is 30.1 Å². The number of benzene rings is 1. The van der Waals surface area contributed by atoms with Crippen molar-refractivity contribution in [2.45, 2.75) is 6.54 Å². The monoisotopic (exact) mass is 391 g/mol. The van der Waals surface area contributed by atoms with Crippen molar-refractivity contribution in [3.63, 3.8) is 0 Å². The minimum atomic E-state index is 0.576. The Labute approximate surface area is 170 Å². The number of piperazine rings is 1. The van der Waals surface area contributed by atoms with Crippen LogP contribution in [0, 0.1) is 0 Å². The summed E-state index contributed by atoms with van der Waals surface area (Å²) in [6.07, 6.45) is 3.39. The maximum absolute atomic E-state index is 6.39. The van der Waals surface area contributed by atoms with Gasteiger partial charge < -0.3 is 25.6 Å². The van der Waals surface area contributed by atoms with Crippen LogP contribution in [0.25, 0.3) is 0 Å². The highest BCUT2D eigenvalue weighted by atomic mass is 16.5. The third kappa shape index (κ3) is 4.31. The molecule has 2 aromatic heterocycles. The Balaban J connectivity index is 1.40. The fourth-order valence-electron chi connectivity index (χ4n) is 3.40. The fraction of sp³-hybridized carbons (Fsp3) is 0.286. The lowest BCUT2D eigenvalue weighted by Crippen LogP contribution is -2.47. The highest BCUT2D eigenvalue weighted by molar-refractivity contribution is 5.75. The molecule has 0 aliphatic carbocycles. The van der Waals surface area contributed by atoms with Gasteiger partial charge in [-0.25, -0.2) is 15.0 Å². The largest absolute Gasteiger partial charge is 0.497 e. The smallest absolute Gasteiger partial charge is 0.157 e. The third-order valence-electron chi connectivity index (χ3n) is 5.03. The number of nitrogen functional groups attached to an aromatic ring is 1. The molecule has 1 aromatic carbocycles. The summed E-state index contributed by atoms with van der Waals surface area (Å²) in [4.78, 5) is 17.7. The van der Waals surface area contributed by atoms with Crippen LogP contribution >= 0.6 is 0 Å². The molecule has 0 saturated carbocycles. The molecule has 29 heavy (non-hydrogen) atoms. The van der Waals surface area contributed by atoms with E-state index in [4.69, 9.17) is 10.5 Å². The van der Waals surface area contributed by atoms with Crippen molar-refractivity contribution in [2.24, 2.45) is 0 Å². The Morgan fingerprint density at radius 1 is 0.966 bits per heavy atom. The number of hydrogen-bond acceptors (Lipinski definition) is 8. The summed E-state index contributed by atoms with van der Waals surface area (Å²) in [5.74, 6) is 3.27. The van der Waals surface area contributed by atoms with Gasteiger partial charge in [-0.1, -0.05) is 18.2 Å². The molecule has 3 N–H and O–H groups in total. The van der Waals surface area contributed by atoms with Crippen molar-refractivity contribution in [1.82, 2.24) is 15.0 Å². The number of ether oxygens (including phenoxy) is 1. The average molecular weight is 391 g/mol. The second kappa shape index (κ2) is 8.64. The summed E-state index contributed by atoms with van der Waals surface area (Å²) in [5.41, 5.74) is 8.09. The Hall–Kier alpha value is -3.55. The lowest BCUT2D eigenvalue weighted by Gasteiger charge is -2.36. The number of nitrogens with zero attached hydrogens (tertiary/aromatic N) is 5. The topological polar surface area (TPSA) is 92.4 Å². The summed E-state index contributed by atoms with van der Waals surface area (Å²) < 4.78 is 5.20. The van der Waals surface area contributed by atoms with Gasteiger partial charge in [0.1, 0.15) is 23.6 Å². The van der Waals surface area contributed by atoms with Crippen LogP contribution in [0.1, 0.15) is 5.56 Å². The van der Waals surface area contributed by atoms with E-state index >= 15 is 0 Å². The van der Waals surface area contributed by atoms with Crippen molar-refractivity contribution in [3.05, 3.63) is 60.6 Å². The molecule has 4 rings (SSSR count). The second-order valence-electron chi connectivity index (χ2n) is 6.82. The van der Waals surface area contributed by atoms with Crippen LogP contribution < -0.4 is 25.6 Å². The number of nitrogens with two attached hydrogens (primary N) is 1. The minimum Gasteiger partial charge on any atom is -0.497 e. The third-order valence-corrected chi connectivity index (χ3v) is 5.03. The summed E-state index contributed by atoms with van der Waals surface area (Å²) in [5, 5.41) is 3.32. The van der Waals surface area contributed by atoms with Gasteiger partial charge in [0.2, 0.25) is 0 Å². The molecule has 0 amide bonds. The first-order chi connectivity index (χ1) is 14.2. The molecule has 1 saturated heterocycles. The minimum absolute atomic E-state index is 0.576. The first kappa shape index (κ1) is 18.8. The summed E-state index contributed by atoms with van der Waals surface area (Å²) in [6.45, 7) is 4.02. The predicted octanol–water partition coefficient (Wildman–Crippen LogP) is 2.40. The van der Waals surface area contributed by atoms with Crippen molar-refractivity contribution in [2.75, 3.05) is 54.1 Å². The van der Waals surface area contributed by atoms with Gasteiger partial charge in [-0.2, -0.15) is 0 Å². The zero-order valence-corrected chi connectivity index (χ0v) is 16.5. The van der Waals surface area contributed by atoms with Crippen LogP contribution in [0.3, 0.4) is 0 Å². The van der Waals surface area contributed by atoms with Crippen molar-refractivity contribution in [3.8, 4) is 5.75 Å². The molecule has 150 valence electrons. The molecule has 0 bridgehead atoms. The Bertz CT molecular complexity index is 926. The number of aromatic nitrogens is 3. The number of hydrogen-bond donors (Lipinski definition) is 2. The molecule has 0 unspecified atom stereocenters. The fourth-order valence-corrected chi connectivity index (χ4v) is 3.40. The standard InChI is InChI=1S/C21H25N7O/c1-29-17-7-5-16(6-8-17)14-24-20-19(22)21(26-15-25-20)28-12-10-27(11-13-28)18-4-2-3-9-23-18/h2-9,15H,10-14,22H2,1H3,(H,24,25,26).